The average molecular weight is 193 g/mol. The van der Waals surface area contributed by atoms with E-state index in [1.54, 1.807) is 18.0 Å². The van der Waals surface area contributed by atoms with Gasteiger partial charge in [0.15, 0.2) is 5.82 Å². The van der Waals surface area contributed by atoms with Crippen molar-refractivity contribution in [1.29, 1.82) is 0 Å². The van der Waals surface area contributed by atoms with E-state index in [1.807, 2.05) is 13.1 Å². The molecule has 0 atom stereocenters. The smallest absolute Gasteiger partial charge is 0.185 e. The van der Waals surface area contributed by atoms with Gasteiger partial charge in [-0.15, -0.1) is 5.10 Å². The normalized spacial score (nSPS) is 10.7. The molecule has 2 aromatic heterocycles. The van der Waals surface area contributed by atoms with Gasteiger partial charge in [-0.05, 0) is 23.5 Å². The Bertz CT molecular complexity index is 419. The maximum atomic E-state index is 5.31. The lowest BCUT2D eigenvalue weighted by Gasteiger charge is -1.99. The third-order valence-corrected chi connectivity index (χ3v) is 1.94. The summed E-state index contributed by atoms with van der Waals surface area (Å²) in [4.78, 5) is 0. The molecule has 2 heterocycles. The molecule has 0 aliphatic rings. The fraction of sp³-hybridized carbons (Fsp3) is 0.375. The van der Waals surface area contributed by atoms with E-state index < -0.39 is 0 Å². The van der Waals surface area contributed by atoms with Crippen LogP contribution < -0.4 is 5.32 Å². The van der Waals surface area contributed by atoms with Crippen LogP contribution in [0.15, 0.2) is 16.7 Å². The van der Waals surface area contributed by atoms with Gasteiger partial charge in [0.1, 0.15) is 5.76 Å². The summed E-state index contributed by atoms with van der Waals surface area (Å²) in [6, 6.07) is 1.86. The van der Waals surface area contributed by atoms with E-state index in [4.69, 9.17) is 4.42 Å². The lowest BCUT2D eigenvalue weighted by Crippen LogP contribution is -2.06. The van der Waals surface area contributed by atoms with E-state index in [9.17, 15) is 0 Å². The minimum Gasteiger partial charge on any atom is -0.467 e. The highest BCUT2D eigenvalue weighted by molar-refractivity contribution is 5.56. The number of rotatable bonds is 3. The van der Waals surface area contributed by atoms with Crippen LogP contribution in [0.1, 0.15) is 5.76 Å². The van der Waals surface area contributed by atoms with Gasteiger partial charge in [0.25, 0.3) is 0 Å². The van der Waals surface area contributed by atoms with Crippen molar-refractivity contribution in [3.8, 4) is 11.4 Å². The van der Waals surface area contributed by atoms with Crippen molar-refractivity contribution >= 4 is 0 Å². The highest BCUT2D eigenvalue weighted by Crippen LogP contribution is 2.21. The Kier molecular flexibility index (Phi) is 2.28. The zero-order chi connectivity index (χ0) is 9.97. The fourth-order valence-electron chi connectivity index (χ4n) is 1.29. The molecule has 6 nitrogen and oxygen atoms in total. The summed E-state index contributed by atoms with van der Waals surface area (Å²) >= 11 is 0. The predicted octanol–water partition coefficient (Wildman–Crippen LogP) is 0.189. The summed E-state index contributed by atoms with van der Waals surface area (Å²) in [6.07, 6.45) is 1.64. The molecule has 0 aliphatic heterocycles. The number of aryl methyl sites for hydroxylation is 1. The topological polar surface area (TPSA) is 68.8 Å². The van der Waals surface area contributed by atoms with Gasteiger partial charge in [-0.3, -0.25) is 0 Å². The third kappa shape index (κ3) is 1.39. The quantitative estimate of drug-likeness (QED) is 0.753. The molecule has 0 radical (unpaired) electrons. The standard InChI is InChI=1S/C8H11N5O/c1-9-5-7-6(3-4-14-7)8-10-11-12-13(8)2/h3-4,9H,5H2,1-2H3. The number of hydrogen-bond donors (Lipinski definition) is 1. The lowest BCUT2D eigenvalue weighted by molar-refractivity contribution is 0.496. The first kappa shape index (κ1) is 8.89. The molecule has 0 amide bonds. The first-order valence-corrected chi connectivity index (χ1v) is 4.26. The van der Waals surface area contributed by atoms with E-state index in [1.165, 1.54) is 0 Å². The highest BCUT2D eigenvalue weighted by Gasteiger charge is 2.12. The molecule has 0 bridgehead atoms. The van der Waals surface area contributed by atoms with Crippen molar-refractivity contribution in [3.05, 3.63) is 18.1 Å². The van der Waals surface area contributed by atoms with Crippen LogP contribution in [-0.4, -0.2) is 27.3 Å². The van der Waals surface area contributed by atoms with Crippen LogP contribution in [0.4, 0.5) is 0 Å². The van der Waals surface area contributed by atoms with Gasteiger partial charge in [0, 0.05) is 7.05 Å². The Morgan fingerprint density at radius 1 is 1.57 bits per heavy atom. The molecule has 0 unspecified atom stereocenters. The zero-order valence-corrected chi connectivity index (χ0v) is 8.06. The van der Waals surface area contributed by atoms with Gasteiger partial charge in [0.2, 0.25) is 0 Å². The predicted molar refractivity (Wildman–Crippen MR) is 49.3 cm³/mol. The first-order chi connectivity index (χ1) is 6.83. The first-order valence-electron chi connectivity index (χ1n) is 4.26. The summed E-state index contributed by atoms with van der Waals surface area (Å²) in [7, 11) is 3.66. The summed E-state index contributed by atoms with van der Waals surface area (Å²) in [6.45, 7) is 0.662. The highest BCUT2D eigenvalue weighted by atomic mass is 16.3. The second-order valence-corrected chi connectivity index (χ2v) is 2.91. The van der Waals surface area contributed by atoms with E-state index >= 15 is 0 Å². The number of aromatic nitrogens is 4. The second kappa shape index (κ2) is 3.59. The minimum atomic E-state index is 0.662. The Hall–Kier alpha value is -1.69. The van der Waals surface area contributed by atoms with Crippen LogP contribution in [0.5, 0.6) is 0 Å². The van der Waals surface area contributed by atoms with E-state index in [2.05, 4.69) is 20.8 Å². The maximum Gasteiger partial charge on any atom is 0.185 e. The molecule has 0 fully saturated rings. The Labute approximate surface area is 80.9 Å². The van der Waals surface area contributed by atoms with E-state index in [-0.39, 0.29) is 0 Å². The van der Waals surface area contributed by atoms with Gasteiger partial charge in [-0.1, -0.05) is 0 Å². The van der Waals surface area contributed by atoms with Crippen LogP contribution in [-0.2, 0) is 13.6 Å². The molecule has 6 heteroatoms. The van der Waals surface area contributed by atoms with Crippen LogP contribution in [0, 0.1) is 0 Å². The van der Waals surface area contributed by atoms with Crippen molar-refractivity contribution in [2.75, 3.05) is 7.05 Å². The van der Waals surface area contributed by atoms with Crippen LogP contribution in [0.25, 0.3) is 11.4 Å². The SMILES string of the molecule is CNCc1occc1-c1nnnn1C. The van der Waals surface area contributed by atoms with Crippen LogP contribution in [0.2, 0.25) is 0 Å². The summed E-state index contributed by atoms with van der Waals surface area (Å²) in [5.41, 5.74) is 0.923. The molecule has 1 N–H and O–H groups in total. The largest absolute Gasteiger partial charge is 0.467 e. The molecular formula is C8H11N5O. The fourth-order valence-corrected chi connectivity index (χ4v) is 1.29. The van der Waals surface area contributed by atoms with Crippen molar-refractivity contribution in [3.63, 3.8) is 0 Å². The van der Waals surface area contributed by atoms with Crippen molar-refractivity contribution < 1.29 is 4.42 Å². The van der Waals surface area contributed by atoms with Crippen molar-refractivity contribution in [2.24, 2.45) is 7.05 Å². The van der Waals surface area contributed by atoms with E-state index in [0.717, 1.165) is 11.3 Å². The molecule has 14 heavy (non-hydrogen) atoms. The summed E-state index contributed by atoms with van der Waals surface area (Å²) < 4.78 is 6.93. The molecule has 0 saturated heterocycles. The van der Waals surface area contributed by atoms with Crippen LogP contribution in [0.3, 0.4) is 0 Å². The third-order valence-electron chi connectivity index (χ3n) is 1.94. The molecule has 0 saturated carbocycles. The van der Waals surface area contributed by atoms with Gasteiger partial charge >= 0.3 is 0 Å². The van der Waals surface area contributed by atoms with Crippen molar-refractivity contribution in [2.45, 2.75) is 6.54 Å². The minimum absolute atomic E-state index is 0.662. The maximum absolute atomic E-state index is 5.31. The number of tetrazole rings is 1. The Balaban J connectivity index is 2.41. The molecule has 0 aliphatic carbocycles. The number of furan rings is 1. The molecule has 0 spiro atoms. The second-order valence-electron chi connectivity index (χ2n) is 2.91. The molecule has 0 aromatic carbocycles. The number of hydrogen-bond acceptors (Lipinski definition) is 5. The molecule has 74 valence electrons. The van der Waals surface area contributed by atoms with E-state index in [0.29, 0.717) is 12.4 Å². The summed E-state index contributed by atoms with van der Waals surface area (Å²) in [5, 5.41) is 14.3. The van der Waals surface area contributed by atoms with Crippen molar-refractivity contribution in [1.82, 2.24) is 25.5 Å². The Morgan fingerprint density at radius 3 is 3.07 bits per heavy atom. The number of nitrogens with one attached hydrogen (secondary N) is 1. The van der Waals surface area contributed by atoms with Gasteiger partial charge in [-0.2, -0.15) is 0 Å². The van der Waals surface area contributed by atoms with Gasteiger partial charge in [0.05, 0.1) is 18.4 Å². The van der Waals surface area contributed by atoms with Crippen LogP contribution >= 0.6 is 0 Å². The van der Waals surface area contributed by atoms with Gasteiger partial charge in [-0.25, -0.2) is 4.68 Å². The zero-order valence-electron chi connectivity index (χ0n) is 8.06. The molecular weight excluding hydrogens is 182 g/mol. The monoisotopic (exact) mass is 193 g/mol. The number of nitrogens with zero attached hydrogens (tertiary/aromatic N) is 4. The molecule has 2 rings (SSSR count). The summed E-state index contributed by atoms with van der Waals surface area (Å²) in [5.74, 6) is 1.55. The Morgan fingerprint density at radius 2 is 2.43 bits per heavy atom. The average Bonchev–Trinajstić information content (AvgIpc) is 2.74. The molecule has 2 aromatic rings. The van der Waals surface area contributed by atoms with Gasteiger partial charge < -0.3 is 9.73 Å². The lowest BCUT2D eigenvalue weighted by atomic mass is 10.2.